The van der Waals surface area contributed by atoms with Crippen molar-refractivity contribution in [1.29, 1.82) is 0 Å². The predicted octanol–water partition coefficient (Wildman–Crippen LogP) is -0.687. The van der Waals surface area contributed by atoms with Crippen molar-refractivity contribution in [3.63, 3.8) is 0 Å². The number of nitrogens with one attached hydrogen (secondary N) is 2. The molecule has 0 aromatic heterocycles. The van der Waals surface area contributed by atoms with Crippen LogP contribution in [0.5, 0.6) is 0 Å². The second-order valence-electron chi connectivity index (χ2n) is 5.80. The van der Waals surface area contributed by atoms with Gasteiger partial charge in [-0.15, -0.1) is 0 Å². The van der Waals surface area contributed by atoms with E-state index in [4.69, 9.17) is 0 Å². The predicted molar refractivity (Wildman–Crippen MR) is 83.8 cm³/mol. The van der Waals surface area contributed by atoms with E-state index in [0.29, 0.717) is 38.1 Å². The van der Waals surface area contributed by atoms with Gasteiger partial charge in [0.2, 0.25) is 11.8 Å². The molecule has 0 aromatic carbocycles. The lowest BCUT2D eigenvalue weighted by Crippen LogP contribution is -2.48. The van der Waals surface area contributed by atoms with E-state index in [1.807, 2.05) is 0 Å². The highest BCUT2D eigenvalue weighted by atomic mass is 16.5. The van der Waals surface area contributed by atoms with Gasteiger partial charge >= 0.3 is 5.97 Å². The van der Waals surface area contributed by atoms with Crippen LogP contribution in [0, 0.1) is 0 Å². The monoisotopic (exact) mass is 338 g/mol. The molecule has 2 N–H and O–H groups in total. The van der Waals surface area contributed by atoms with E-state index in [-0.39, 0.29) is 43.0 Å². The van der Waals surface area contributed by atoms with Gasteiger partial charge in [0.25, 0.3) is 5.91 Å². The zero-order valence-corrected chi connectivity index (χ0v) is 13.7. The number of likely N-dealkylation sites (tertiary alicyclic amines) is 1. The SMILES string of the molecule is COC(=O)CCC(=O)N1CCC(NC(=O)C2=NNC(=O)CC2)CC1. The lowest BCUT2D eigenvalue weighted by Gasteiger charge is -2.32. The molecule has 2 aliphatic heterocycles. The van der Waals surface area contributed by atoms with Gasteiger partial charge in [0.05, 0.1) is 13.5 Å². The van der Waals surface area contributed by atoms with E-state index in [2.05, 4.69) is 20.6 Å². The highest BCUT2D eigenvalue weighted by Gasteiger charge is 2.26. The quantitative estimate of drug-likeness (QED) is 0.644. The maximum atomic E-state index is 12.1. The van der Waals surface area contributed by atoms with Crippen molar-refractivity contribution in [2.45, 2.75) is 44.6 Å². The fourth-order valence-corrected chi connectivity index (χ4v) is 2.65. The Morgan fingerprint density at radius 1 is 1.25 bits per heavy atom. The van der Waals surface area contributed by atoms with E-state index in [1.165, 1.54) is 7.11 Å². The number of amides is 3. The summed E-state index contributed by atoms with van der Waals surface area (Å²) in [5.41, 5.74) is 2.62. The standard InChI is InChI=1S/C15H22N4O5/c1-24-14(22)5-4-13(21)19-8-6-10(7-9-19)16-15(23)11-2-3-12(20)18-17-11/h10H,2-9H2,1H3,(H,16,23)(H,18,20). The van der Waals surface area contributed by atoms with Crippen LogP contribution in [-0.4, -0.2) is 60.5 Å². The molecule has 1 fully saturated rings. The van der Waals surface area contributed by atoms with Crippen molar-refractivity contribution < 1.29 is 23.9 Å². The Morgan fingerprint density at radius 3 is 2.54 bits per heavy atom. The summed E-state index contributed by atoms with van der Waals surface area (Å²) in [6.07, 6.45) is 2.12. The summed E-state index contributed by atoms with van der Waals surface area (Å²) in [4.78, 5) is 47.9. The van der Waals surface area contributed by atoms with E-state index >= 15 is 0 Å². The van der Waals surface area contributed by atoms with Gasteiger partial charge in [-0.05, 0) is 12.8 Å². The summed E-state index contributed by atoms with van der Waals surface area (Å²) in [7, 11) is 1.29. The first-order chi connectivity index (χ1) is 11.5. The van der Waals surface area contributed by atoms with Gasteiger partial charge in [0.15, 0.2) is 0 Å². The summed E-state index contributed by atoms with van der Waals surface area (Å²) in [5, 5.41) is 6.65. The highest BCUT2D eigenvalue weighted by Crippen LogP contribution is 2.13. The third-order valence-electron chi connectivity index (χ3n) is 4.12. The normalized spacial score (nSPS) is 18.5. The third-order valence-corrected chi connectivity index (χ3v) is 4.12. The van der Waals surface area contributed by atoms with E-state index in [9.17, 15) is 19.2 Å². The van der Waals surface area contributed by atoms with Gasteiger partial charge in [-0.3, -0.25) is 19.2 Å². The first kappa shape index (κ1) is 17.9. The van der Waals surface area contributed by atoms with Gasteiger partial charge in [0, 0.05) is 38.4 Å². The van der Waals surface area contributed by atoms with E-state index < -0.39 is 5.97 Å². The third kappa shape index (κ3) is 5.04. The van der Waals surface area contributed by atoms with Crippen LogP contribution < -0.4 is 10.7 Å². The second kappa shape index (κ2) is 8.42. The molecule has 0 atom stereocenters. The molecule has 0 radical (unpaired) electrons. The number of rotatable bonds is 5. The smallest absolute Gasteiger partial charge is 0.306 e. The number of hydrogen-bond donors (Lipinski definition) is 2. The highest BCUT2D eigenvalue weighted by molar-refractivity contribution is 6.39. The molecule has 24 heavy (non-hydrogen) atoms. The van der Waals surface area contributed by atoms with Crippen LogP contribution in [0.25, 0.3) is 0 Å². The lowest BCUT2D eigenvalue weighted by molar-refractivity contribution is -0.144. The van der Waals surface area contributed by atoms with Crippen molar-refractivity contribution in [3.8, 4) is 0 Å². The number of carbonyl (C=O) groups is 4. The molecule has 2 heterocycles. The van der Waals surface area contributed by atoms with Crippen LogP contribution in [0.2, 0.25) is 0 Å². The Morgan fingerprint density at radius 2 is 1.96 bits per heavy atom. The van der Waals surface area contributed by atoms with Crippen molar-refractivity contribution in [3.05, 3.63) is 0 Å². The molecule has 0 bridgehead atoms. The second-order valence-corrected chi connectivity index (χ2v) is 5.80. The molecule has 2 aliphatic rings. The van der Waals surface area contributed by atoms with Crippen molar-refractivity contribution in [2.75, 3.05) is 20.2 Å². The Bertz CT molecular complexity index is 552. The number of hydrazone groups is 1. The zero-order chi connectivity index (χ0) is 17.5. The fourth-order valence-electron chi connectivity index (χ4n) is 2.65. The summed E-state index contributed by atoms with van der Waals surface area (Å²) >= 11 is 0. The number of methoxy groups -OCH3 is 1. The van der Waals surface area contributed by atoms with Crippen LogP contribution in [0.4, 0.5) is 0 Å². The Balaban J connectivity index is 1.72. The fraction of sp³-hybridized carbons (Fsp3) is 0.667. The first-order valence-electron chi connectivity index (χ1n) is 8.00. The molecule has 2 rings (SSSR count). The maximum absolute atomic E-state index is 12.1. The molecule has 9 heteroatoms. The van der Waals surface area contributed by atoms with Gasteiger partial charge in [-0.1, -0.05) is 0 Å². The molecule has 0 saturated carbocycles. The molecule has 0 aromatic rings. The molecule has 0 aliphatic carbocycles. The minimum atomic E-state index is -0.397. The summed E-state index contributed by atoms with van der Waals surface area (Å²) in [5.74, 6) is -0.939. The average Bonchev–Trinajstić information content (AvgIpc) is 2.60. The molecule has 0 unspecified atom stereocenters. The topological polar surface area (TPSA) is 117 Å². The van der Waals surface area contributed by atoms with Gasteiger partial charge in [0.1, 0.15) is 5.71 Å². The number of carbonyl (C=O) groups excluding carboxylic acids is 4. The van der Waals surface area contributed by atoms with E-state index in [0.717, 1.165) is 0 Å². The molecular weight excluding hydrogens is 316 g/mol. The number of piperidine rings is 1. The summed E-state index contributed by atoms with van der Waals surface area (Å²) < 4.78 is 4.52. The van der Waals surface area contributed by atoms with Gasteiger partial charge in [-0.2, -0.15) is 5.10 Å². The number of hydrogen-bond acceptors (Lipinski definition) is 6. The molecular formula is C15H22N4O5. The number of ether oxygens (including phenoxy) is 1. The van der Waals surface area contributed by atoms with E-state index in [1.54, 1.807) is 4.90 Å². The molecule has 1 saturated heterocycles. The number of nitrogens with zero attached hydrogens (tertiary/aromatic N) is 2. The largest absolute Gasteiger partial charge is 0.469 e. The molecule has 132 valence electrons. The molecule has 9 nitrogen and oxygen atoms in total. The Kier molecular flexibility index (Phi) is 6.28. The minimum Gasteiger partial charge on any atom is -0.469 e. The number of esters is 1. The average molecular weight is 338 g/mol. The zero-order valence-electron chi connectivity index (χ0n) is 13.7. The van der Waals surface area contributed by atoms with Gasteiger partial charge < -0.3 is 15.0 Å². The Labute approximate surface area is 139 Å². The maximum Gasteiger partial charge on any atom is 0.306 e. The molecule has 0 spiro atoms. The van der Waals surface area contributed by atoms with Crippen LogP contribution in [0.1, 0.15) is 38.5 Å². The lowest BCUT2D eigenvalue weighted by atomic mass is 10.0. The van der Waals surface area contributed by atoms with Crippen LogP contribution in [0.15, 0.2) is 5.10 Å². The van der Waals surface area contributed by atoms with Crippen LogP contribution >= 0.6 is 0 Å². The summed E-state index contributed by atoms with van der Waals surface area (Å²) in [6, 6.07) is -0.0255. The van der Waals surface area contributed by atoms with Crippen molar-refractivity contribution in [1.82, 2.24) is 15.6 Å². The minimum absolute atomic E-state index is 0.0255. The molecule has 3 amide bonds. The van der Waals surface area contributed by atoms with Crippen molar-refractivity contribution in [2.24, 2.45) is 5.10 Å². The summed E-state index contributed by atoms with van der Waals surface area (Å²) in [6.45, 7) is 1.07. The first-order valence-corrected chi connectivity index (χ1v) is 8.00. The van der Waals surface area contributed by atoms with Crippen LogP contribution in [-0.2, 0) is 23.9 Å². The van der Waals surface area contributed by atoms with Crippen LogP contribution in [0.3, 0.4) is 0 Å². The van der Waals surface area contributed by atoms with Gasteiger partial charge in [-0.25, -0.2) is 5.43 Å². The Hall–Kier alpha value is -2.45. The van der Waals surface area contributed by atoms with Crippen molar-refractivity contribution >= 4 is 29.4 Å².